The molecule has 2 aromatic rings. The monoisotopic (exact) mass is 525 g/mol. The molecule has 37 heavy (non-hydrogen) atoms. The SMILES string of the molecule is COC(=O)C1=CC(S(=O)(=O)c2ccccc2)=C(C)[C@]12C(=O)N(C(=O)OC(C)(C)C)c1ccc(OC)cc12. The number of carbonyl (C=O) groups excluding carboxylic acids is 3. The van der Waals surface area contributed by atoms with Gasteiger partial charge in [-0.2, -0.15) is 0 Å². The second-order valence-corrected chi connectivity index (χ2v) is 11.5. The van der Waals surface area contributed by atoms with Gasteiger partial charge in [0.2, 0.25) is 9.84 Å². The first kappa shape index (κ1) is 26.2. The number of amides is 2. The van der Waals surface area contributed by atoms with Crippen LogP contribution in [0.15, 0.2) is 75.6 Å². The van der Waals surface area contributed by atoms with Crippen molar-refractivity contribution in [2.45, 2.75) is 43.6 Å². The van der Waals surface area contributed by atoms with Crippen LogP contribution in [0.5, 0.6) is 5.75 Å². The molecular formula is C27H27NO8S. The zero-order valence-electron chi connectivity index (χ0n) is 21.3. The molecule has 1 atom stereocenters. The number of nitrogens with zero attached hydrogens (tertiary/aromatic N) is 1. The molecular weight excluding hydrogens is 498 g/mol. The Balaban J connectivity index is 2.06. The smallest absolute Gasteiger partial charge is 0.421 e. The molecule has 1 heterocycles. The van der Waals surface area contributed by atoms with Gasteiger partial charge in [0.25, 0.3) is 5.91 Å². The largest absolute Gasteiger partial charge is 0.497 e. The molecule has 0 saturated carbocycles. The van der Waals surface area contributed by atoms with Crippen molar-refractivity contribution in [1.82, 2.24) is 0 Å². The van der Waals surface area contributed by atoms with Crippen molar-refractivity contribution < 1.29 is 37.0 Å². The highest BCUT2D eigenvalue weighted by molar-refractivity contribution is 7.95. The van der Waals surface area contributed by atoms with E-state index in [0.717, 1.165) is 18.1 Å². The topological polar surface area (TPSA) is 116 Å². The molecule has 194 valence electrons. The van der Waals surface area contributed by atoms with Crippen molar-refractivity contribution in [2.75, 3.05) is 19.1 Å². The van der Waals surface area contributed by atoms with Gasteiger partial charge in [-0.15, -0.1) is 0 Å². The number of sulfone groups is 1. The Bertz CT molecular complexity index is 1480. The number of anilines is 1. The molecule has 0 N–H and O–H groups in total. The number of allylic oxidation sites excluding steroid dienone is 1. The fourth-order valence-electron chi connectivity index (χ4n) is 4.70. The lowest BCUT2D eigenvalue weighted by Gasteiger charge is -2.29. The van der Waals surface area contributed by atoms with Crippen molar-refractivity contribution >= 4 is 33.5 Å². The quantitative estimate of drug-likeness (QED) is 0.549. The Morgan fingerprint density at radius 3 is 2.22 bits per heavy atom. The van der Waals surface area contributed by atoms with Gasteiger partial charge in [0, 0.05) is 5.56 Å². The van der Waals surface area contributed by atoms with E-state index in [2.05, 4.69) is 0 Å². The molecule has 1 spiro atoms. The maximum Gasteiger partial charge on any atom is 0.421 e. The molecule has 9 nitrogen and oxygen atoms in total. The average Bonchev–Trinajstić information content (AvgIpc) is 3.30. The van der Waals surface area contributed by atoms with Gasteiger partial charge in [-0.3, -0.25) is 4.79 Å². The lowest BCUT2D eigenvalue weighted by Crippen LogP contribution is -2.47. The van der Waals surface area contributed by atoms with Crippen LogP contribution in [-0.2, 0) is 34.3 Å². The molecule has 0 unspecified atom stereocenters. The number of methoxy groups -OCH3 is 2. The Kier molecular flexibility index (Phi) is 6.28. The van der Waals surface area contributed by atoms with Crippen LogP contribution in [0.2, 0.25) is 0 Å². The van der Waals surface area contributed by atoms with E-state index >= 15 is 0 Å². The molecule has 0 fully saturated rings. The number of ether oxygens (including phenoxy) is 3. The van der Waals surface area contributed by atoms with E-state index in [1.54, 1.807) is 45.0 Å². The molecule has 1 aliphatic heterocycles. The van der Waals surface area contributed by atoms with Crippen LogP contribution in [0.4, 0.5) is 10.5 Å². The zero-order valence-corrected chi connectivity index (χ0v) is 22.1. The summed E-state index contributed by atoms with van der Waals surface area (Å²) in [4.78, 5) is 41.2. The molecule has 1 aliphatic carbocycles. The van der Waals surface area contributed by atoms with Gasteiger partial charge in [0.1, 0.15) is 16.8 Å². The molecule has 2 amide bonds. The number of benzene rings is 2. The number of esters is 1. The molecule has 10 heteroatoms. The molecule has 2 aromatic carbocycles. The minimum Gasteiger partial charge on any atom is -0.497 e. The van der Waals surface area contributed by atoms with Gasteiger partial charge in [-0.1, -0.05) is 18.2 Å². The minimum atomic E-state index is -4.16. The summed E-state index contributed by atoms with van der Waals surface area (Å²) in [5.74, 6) is -1.42. The van der Waals surface area contributed by atoms with E-state index in [-0.39, 0.29) is 32.2 Å². The van der Waals surface area contributed by atoms with Gasteiger partial charge < -0.3 is 14.2 Å². The summed E-state index contributed by atoms with van der Waals surface area (Å²) < 4.78 is 43.2. The number of hydrogen-bond acceptors (Lipinski definition) is 8. The summed E-state index contributed by atoms with van der Waals surface area (Å²) in [5, 5.41) is 0. The Hall–Kier alpha value is -3.92. The van der Waals surface area contributed by atoms with Crippen molar-refractivity contribution in [3.63, 3.8) is 0 Å². The molecule has 4 rings (SSSR count). The summed E-state index contributed by atoms with van der Waals surface area (Å²) in [6.45, 7) is 6.42. The highest BCUT2D eigenvalue weighted by atomic mass is 32.2. The van der Waals surface area contributed by atoms with E-state index in [1.807, 2.05) is 0 Å². The third-order valence-corrected chi connectivity index (χ3v) is 8.20. The molecule has 0 bridgehead atoms. The molecule has 0 aromatic heterocycles. The summed E-state index contributed by atoms with van der Waals surface area (Å²) in [7, 11) is -1.60. The van der Waals surface area contributed by atoms with E-state index in [4.69, 9.17) is 14.2 Å². The maximum absolute atomic E-state index is 14.3. The van der Waals surface area contributed by atoms with Gasteiger partial charge in [-0.25, -0.2) is 22.9 Å². The lowest BCUT2D eigenvalue weighted by molar-refractivity contribution is -0.138. The number of rotatable bonds is 4. The second kappa shape index (κ2) is 8.88. The van der Waals surface area contributed by atoms with E-state index in [0.29, 0.717) is 5.75 Å². The summed E-state index contributed by atoms with van der Waals surface area (Å²) >= 11 is 0. The fraction of sp³-hybridized carbons (Fsp3) is 0.296. The van der Waals surface area contributed by atoms with Gasteiger partial charge in [-0.05, 0) is 69.7 Å². The fourth-order valence-corrected chi connectivity index (χ4v) is 6.30. The maximum atomic E-state index is 14.3. The van der Waals surface area contributed by atoms with E-state index in [9.17, 15) is 22.8 Å². The predicted molar refractivity (Wildman–Crippen MR) is 135 cm³/mol. The summed E-state index contributed by atoms with van der Waals surface area (Å²) in [5.41, 5.74) is -2.70. The first-order valence-corrected chi connectivity index (χ1v) is 12.9. The highest BCUT2D eigenvalue weighted by Gasteiger charge is 2.62. The van der Waals surface area contributed by atoms with Crippen LogP contribution in [0, 0.1) is 0 Å². The molecule has 0 radical (unpaired) electrons. The van der Waals surface area contributed by atoms with Crippen molar-refractivity contribution in [2.24, 2.45) is 0 Å². The van der Waals surface area contributed by atoms with Crippen LogP contribution in [-0.4, -0.2) is 46.2 Å². The summed E-state index contributed by atoms with van der Waals surface area (Å²) in [6, 6.07) is 12.2. The third-order valence-electron chi connectivity index (χ3n) is 6.31. The predicted octanol–water partition coefficient (Wildman–Crippen LogP) is 4.08. The first-order valence-electron chi connectivity index (χ1n) is 11.4. The van der Waals surface area contributed by atoms with E-state index in [1.165, 1.54) is 38.3 Å². The van der Waals surface area contributed by atoms with Crippen LogP contribution < -0.4 is 9.64 Å². The average molecular weight is 526 g/mol. The first-order chi connectivity index (χ1) is 17.3. The van der Waals surface area contributed by atoms with Crippen molar-refractivity contribution in [1.29, 1.82) is 0 Å². The zero-order chi connectivity index (χ0) is 27.3. The van der Waals surface area contributed by atoms with Gasteiger partial charge >= 0.3 is 12.1 Å². The third kappa shape index (κ3) is 3.92. The van der Waals surface area contributed by atoms with Crippen LogP contribution in [0.1, 0.15) is 33.3 Å². The molecule has 0 saturated heterocycles. The lowest BCUT2D eigenvalue weighted by atomic mass is 9.72. The van der Waals surface area contributed by atoms with Crippen LogP contribution in [0.25, 0.3) is 0 Å². The Morgan fingerprint density at radius 2 is 1.65 bits per heavy atom. The Morgan fingerprint density at radius 1 is 1.00 bits per heavy atom. The van der Waals surface area contributed by atoms with Crippen LogP contribution in [0.3, 0.4) is 0 Å². The normalized spacial score (nSPS) is 19.1. The van der Waals surface area contributed by atoms with Crippen molar-refractivity contribution in [3.8, 4) is 5.75 Å². The summed E-state index contributed by atoms with van der Waals surface area (Å²) in [6.07, 6.45) is 0.195. The van der Waals surface area contributed by atoms with Crippen molar-refractivity contribution in [3.05, 3.63) is 76.2 Å². The van der Waals surface area contributed by atoms with E-state index < -0.39 is 38.8 Å². The Labute approximate surface area is 215 Å². The number of carbonyl (C=O) groups is 3. The minimum absolute atomic E-state index is 0.0119. The molecule has 2 aliphatic rings. The number of hydrogen-bond donors (Lipinski definition) is 0. The standard InChI is InChI=1S/C27H27NO8S/c1-16-22(37(32,33)18-10-8-7-9-11-18)15-20(23(29)35-6)27(16)19-14-17(34-5)12-13-21(19)28(24(27)30)25(31)36-26(2,3)4/h7-15H,1-6H3/t27-/m1/s1. The second-order valence-electron chi connectivity index (χ2n) is 9.61. The number of imide groups is 1. The number of fused-ring (bicyclic) bond motifs is 2. The van der Waals surface area contributed by atoms with Gasteiger partial charge in [0.05, 0.1) is 35.3 Å². The van der Waals surface area contributed by atoms with Gasteiger partial charge in [0.15, 0.2) is 0 Å². The van der Waals surface area contributed by atoms with Crippen LogP contribution >= 0.6 is 0 Å². The highest BCUT2D eigenvalue weighted by Crippen LogP contribution is 2.56.